The number of halogens is 1. The second-order valence-corrected chi connectivity index (χ2v) is 5.14. The first kappa shape index (κ1) is 17.9. The van der Waals surface area contributed by atoms with Crippen LogP contribution in [0.5, 0.6) is 17.2 Å². The molecule has 2 aromatic rings. The first-order chi connectivity index (χ1) is 11.8. The van der Waals surface area contributed by atoms with Gasteiger partial charge in [-0.1, -0.05) is 6.07 Å². The Morgan fingerprint density at radius 3 is 2.16 bits per heavy atom. The zero-order valence-corrected chi connectivity index (χ0v) is 13.2. The maximum absolute atomic E-state index is 13.1. The highest BCUT2D eigenvalue weighted by Gasteiger charge is 2.14. The van der Waals surface area contributed by atoms with Crippen LogP contribution < -0.4 is 16.2 Å². The van der Waals surface area contributed by atoms with Crippen LogP contribution in [0.1, 0.15) is 20.7 Å². The highest BCUT2D eigenvalue weighted by atomic mass is 32.1. The molecule has 10 heteroatoms. The summed E-state index contributed by atoms with van der Waals surface area (Å²) in [5.41, 5.74) is 4.20. The van der Waals surface area contributed by atoms with Crippen molar-refractivity contribution in [2.45, 2.75) is 0 Å². The summed E-state index contributed by atoms with van der Waals surface area (Å²) in [5, 5.41) is 29.9. The average molecular weight is 365 g/mol. The van der Waals surface area contributed by atoms with Crippen LogP contribution in [0, 0.1) is 5.82 Å². The number of carbonyl (C=O) groups is 2. The predicted molar refractivity (Wildman–Crippen MR) is 88.5 cm³/mol. The van der Waals surface area contributed by atoms with Gasteiger partial charge >= 0.3 is 0 Å². The molecule has 6 N–H and O–H groups in total. The largest absolute Gasteiger partial charge is 0.504 e. The third-order valence-electron chi connectivity index (χ3n) is 2.94. The maximum Gasteiger partial charge on any atom is 0.269 e. The van der Waals surface area contributed by atoms with Crippen molar-refractivity contribution < 1.29 is 29.3 Å². The number of aromatic hydroxyl groups is 3. The molecule has 2 amide bonds. The molecule has 0 bridgehead atoms. The van der Waals surface area contributed by atoms with Crippen molar-refractivity contribution >= 4 is 29.1 Å². The maximum atomic E-state index is 13.1. The predicted octanol–water partition coefficient (Wildman–Crippen LogP) is 0.892. The van der Waals surface area contributed by atoms with E-state index in [9.17, 15) is 29.3 Å². The third kappa shape index (κ3) is 4.54. The van der Waals surface area contributed by atoms with E-state index in [-0.39, 0.29) is 16.2 Å². The average Bonchev–Trinajstić information content (AvgIpc) is 2.57. The molecular formula is C15H12FN3O5S. The molecule has 0 unspecified atom stereocenters. The SMILES string of the molecule is O=C(NNC(=S)NC(=O)c1cccc(F)c1)c1cc(O)c(O)c(O)c1. The van der Waals surface area contributed by atoms with Crippen LogP contribution in [0.2, 0.25) is 0 Å². The van der Waals surface area contributed by atoms with E-state index in [2.05, 4.69) is 16.2 Å². The number of phenolic OH excluding ortho intramolecular Hbond substituents is 3. The van der Waals surface area contributed by atoms with Crippen molar-refractivity contribution in [3.05, 3.63) is 53.3 Å². The van der Waals surface area contributed by atoms with Crippen LogP contribution in [-0.2, 0) is 0 Å². The van der Waals surface area contributed by atoms with Gasteiger partial charge in [0.25, 0.3) is 11.8 Å². The molecule has 8 nitrogen and oxygen atoms in total. The first-order valence-corrected chi connectivity index (χ1v) is 7.11. The number of hydrazine groups is 1. The molecule has 2 rings (SSSR count). The number of thiocarbonyl (C=S) groups is 1. The quantitative estimate of drug-likeness (QED) is 0.265. The fraction of sp³-hybridized carbons (Fsp3) is 0. The van der Waals surface area contributed by atoms with Crippen molar-refractivity contribution in [1.82, 2.24) is 16.2 Å². The Hall–Kier alpha value is -3.40. The Morgan fingerprint density at radius 1 is 0.920 bits per heavy atom. The van der Waals surface area contributed by atoms with Crippen LogP contribution in [0.3, 0.4) is 0 Å². The van der Waals surface area contributed by atoms with E-state index in [0.717, 1.165) is 18.2 Å². The van der Waals surface area contributed by atoms with Crippen molar-refractivity contribution in [3.8, 4) is 17.2 Å². The van der Waals surface area contributed by atoms with Gasteiger partial charge in [0.15, 0.2) is 22.4 Å². The van der Waals surface area contributed by atoms with E-state index < -0.39 is 34.9 Å². The van der Waals surface area contributed by atoms with Gasteiger partial charge in [0.05, 0.1) is 0 Å². The number of benzene rings is 2. The lowest BCUT2D eigenvalue weighted by atomic mass is 10.2. The topological polar surface area (TPSA) is 131 Å². The zero-order chi connectivity index (χ0) is 18.6. The first-order valence-electron chi connectivity index (χ1n) is 6.70. The molecule has 0 aromatic heterocycles. The minimum absolute atomic E-state index is 0.0313. The van der Waals surface area contributed by atoms with Gasteiger partial charge in [-0.2, -0.15) is 0 Å². The lowest BCUT2D eigenvalue weighted by molar-refractivity contribution is 0.0934. The minimum atomic E-state index is -0.812. The number of rotatable bonds is 2. The number of hydrogen-bond donors (Lipinski definition) is 6. The molecule has 0 spiro atoms. The number of nitrogens with one attached hydrogen (secondary N) is 3. The zero-order valence-electron chi connectivity index (χ0n) is 12.4. The molecule has 0 saturated heterocycles. The molecule has 0 heterocycles. The van der Waals surface area contributed by atoms with Gasteiger partial charge in [-0.15, -0.1) is 0 Å². The Labute approximate surface area is 145 Å². The summed E-state index contributed by atoms with van der Waals surface area (Å²) in [6.07, 6.45) is 0. The van der Waals surface area contributed by atoms with Gasteiger partial charge in [0, 0.05) is 11.1 Å². The van der Waals surface area contributed by atoms with Gasteiger partial charge in [-0.05, 0) is 42.5 Å². The molecule has 0 aliphatic rings. The van der Waals surface area contributed by atoms with Gasteiger partial charge in [-0.25, -0.2) is 4.39 Å². The summed E-state index contributed by atoms with van der Waals surface area (Å²) in [6.45, 7) is 0. The van der Waals surface area contributed by atoms with E-state index in [0.29, 0.717) is 0 Å². The normalized spacial score (nSPS) is 9.96. The highest BCUT2D eigenvalue weighted by molar-refractivity contribution is 7.80. The van der Waals surface area contributed by atoms with E-state index >= 15 is 0 Å². The second kappa shape index (κ2) is 7.45. The van der Waals surface area contributed by atoms with Crippen molar-refractivity contribution in [1.29, 1.82) is 0 Å². The van der Waals surface area contributed by atoms with E-state index in [1.54, 1.807) is 0 Å². The second-order valence-electron chi connectivity index (χ2n) is 4.74. The molecule has 0 aliphatic heterocycles. The Balaban J connectivity index is 1.93. The molecular weight excluding hydrogens is 353 g/mol. The molecule has 0 fully saturated rings. The van der Waals surface area contributed by atoms with Crippen LogP contribution >= 0.6 is 12.2 Å². The van der Waals surface area contributed by atoms with Crippen molar-refractivity contribution in [2.24, 2.45) is 0 Å². The van der Waals surface area contributed by atoms with Gasteiger partial charge < -0.3 is 15.3 Å². The molecule has 25 heavy (non-hydrogen) atoms. The van der Waals surface area contributed by atoms with Crippen molar-refractivity contribution in [2.75, 3.05) is 0 Å². The van der Waals surface area contributed by atoms with Gasteiger partial charge in [-0.3, -0.25) is 25.8 Å². The molecule has 0 aliphatic carbocycles. The molecule has 130 valence electrons. The molecule has 2 aromatic carbocycles. The fourth-order valence-corrected chi connectivity index (χ4v) is 1.90. The summed E-state index contributed by atoms with van der Waals surface area (Å²) >= 11 is 4.81. The Morgan fingerprint density at radius 2 is 1.56 bits per heavy atom. The fourth-order valence-electron chi connectivity index (χ4n) is 1.76. The smallest absolute Gasteiger partial charge is 0.269 e. The van der Waals surface area contributed by atoms with E-state index in [1.807, 2.05) is 0 Å². The summed E-state index contributed by atoms with van der Waals surface area (Å²) in [6, 6.07) is 6.75. The summed E-state index contributed by atoms with van der Waals surface area (Å²) in [5.74, 6) is -4.23. The standard InChI is InChI=1S/C15H12FN3O5S/c16-9-3-1-2-7(4-9)13(23)17-15(25)19-18-14(24)8-5-10(20)12(22)11(21)6-8/h1-6,20-22H,(H,18,24)(H2,17,19,23,25). The summed E-state index contributed by atoms with van der Waals surface area (Å²) in [7, 11) is 0. The third-order valence-corrected chi connectivity index (χ3v) is 3.14. The van der Waals surface area contributed by atoms with Gasteiger partial charge in [0.2, 0.25) is 0 Å². The molecule has 0 radical (unpaired) electrons. The van der Waals surface area contributed by atoms with Crippen LogP contribution in [0.4, 0.5) is 4.39 Å². The lowest BCUT2D eigenvalue weighted by Gasteiger charge is -2.11. The van der Waals surface area contributed by atoms with Crippen LogP contribution in [0.25, 0.3) is 0 Å². The monoisotopic (exact) mass is 365 g/mol. The van der Waals surface area contributed by atoms with E-state index in [1.165, 1.54) is 18.2 Å². The Kier molecular flexibility index (Phi) is 5.35. The molecule has 0 atom stereocenters. The van der Waals surface area contributed by atoms with E-state index in [4.69, 9.17) is 12.2 Å². The number of carbonyl (C=O) groups excluding carboxylic acids is 2. The lowest BCUT2D eigenvalue weighted by Crippen LogP contribution is -2.48. The minimum Gasteiger partial charge on any atom is -0.504 e. The van der Waals surface area contributed by atoms with Crippen molar-refractivity contribution in [3.63, 3.8) is 0 Å². The summed E-state index contributed by atoms with van der Waals surface area (Å²) < 4.78 is 13.1. The number of hydrogen-bond acceptors (Lipinski definition) is 6. The highest BCUT2D eigenvalue weighted by Crippen LogP contribution is 2.35. The summed E-state index contributed by atoms with van der Waals surface area (Å²) in [4.78, 5) is 23.7. The Bertz CT molecular complexity index is 836. The molecule has 0 saturated carbocycles. The number of phenols is 3. The van der Waals surface area contributed by atoms with Gasteiger partial charge in [0.1, 0.15) is 5.82 Å². The van der Waals surface area contributed by atoms with Crippen LogP contribution in [-0.4, -0.2) is 32.2 Å². The number of amides is 2. The van der Waals surface area contributed by atoms with Crippen LogP contribution in [0.15, 0.2) is 36.4 Å².